The van der Waals surface area contributed by atoms with E-state index in [-0.39, 0.29) is 5.78 Å². The highest BCUT2D eigenvalue weighted by molar-refractivity contribution is 6.03. The molecule has 3 heteroatoms. The third-order valence-corrected chi connectivity index (χ3v) is 2.62. The van der Waals surface area contributed by atoms with Crippen LogP contribution in [0, 0.1) is 0 Å². The molecule has 0 saturated carbocycles. The summed E-state index contributed by atoms with van der Waals surface area (Å²) in [6.45, 7) is 3.79. The molecule has 0 saturated heterocycles. The fourth-order valence-corrected chi connectivity index (χ4v) is 1.73. The topological polar surface area (TPSA) is 52.3 Å². The highest BCUT2D eigenvalue weighted by atomic mass is 16.5. The largest absolute Gasteiger partial charge is 0.497 e. The van der Waals surface area contributed by atoms with Crippen LogP contribution in [-0.4, -0.2) is 18.4 Å². The fourth-order valence-electron chi connectivity index (χ4n) is 1.73. The Morgan fingerprint density at radius 2 is 2.19 bits per heavy atom. The zero-order valence-electron chi connectivity index (χ0n) is 10.1. The van der Waals surface area contributed by atoms with E-state index < -0.39 is 5.54 Å². The van der Waals surface area contributed by atoms with Gasteiger partial charge in [0.15, 0.2) is 5.78 Å². The van der Waals surface area contributed by atoms with Crippen molar-refractivity contribution in [3.05, 3.63) is 29.8 Å². The van der Waals surface area contributed by atoms with Crippen LogP contribution in [0.2, 0.25) is 0 Å². The number of carbonyl (C=O) groups excluding carboxylic acids is 1. The summed E-state index contributed by atoms with van der Waals surface area (Å²) >= 11 is 0. The van der Waals surface area contributed by atoms with Gasteiger partial charge in [-0.2, -0.15) is 0 Å². The zero-order valence-corrected chi connectivity index (χ0v) is 10.1. The lowest BCUT2D eigenvalue weighted by Gasteiger charge is -2.22. The first-order valence-electron chi connectivity index (χ1n) is 5.49. The molecule has 0 radical (unpaired) electrons. The van der Waals surface area contributed by atoms with E-state index in [0.717, 1.165) is 6.42 Å². The van der Waals surface area contributed by atoms with Crippen molar-refractivity contribution in [1.29, 1.82) is 0 Å². The van der Waals surface area contributed by atoms with E-state index in [1.807, 2.05) is 13.0 Å². The molecule has 1 unspecified atom stereocenters. The minimum absolute atomic E-state index is 0.0340. The number of hydrogen-bond donors (Lipinski definition) is 1. The molecule has 1 rings (SSSR count). The van der Waals surface area contributed by atoms with Crippen LogP contribution in [-0.2, 0) is 0 Å². The lowest BCUT2D eigenvalue weighted by molar-refractivity contribution is 0.0892. The summed E-state index contributed by atoms with van der Waals surface area (Å²) in [5, 5.41) is 0. The SMILES string of the molecule is CCCC(C)(N)C(=O)c1cccc(OC)c1. The van der Waals surface area contributed by atoms with E-state index in [1.165, 1.54) is 0 Å². The molecule has 1 aromatic carbocycles. The number of benzene rings is 1. The molecule has 0 fully saturated rings. The van der Waals surface area contributed by atoms with Gasteiger partial charge in [0, 0.05) is 5.56 Å². The molecule has 0 aliphatic carbocycles. The first-order chi connectivity index (χ1) is 7.51. The highest BCUT2D eigenvalue weighted by Gasteiger charge is 2.28. The van der Waals surface area contributed by atoms with Crippen molar-refractivity contribution in [2.75, 3.05) is 7.11 Å². The summed E-state index contributed by atoms with van der Waals surface area (Å²) in [4.78, 5) is 12.1. The van der Waals surface area contributed by atoms with Gasteiger partial charge in [-0.3, -0.25) is 4.79 Å². The number of carbonyl (C=O) groups is 1. The average molecular weight is 221 g/mol. The van der Waals surface area contributed by atoms with Crippen LogP contribution >= 0.6 is 0 Å². The number of methoxy groups -OCH3 is 1. The van der Waals surface area contributed by atoms with Gasteiger partial charge in [0.1, 0.15) is 5.75 Å². The van der Waals surface area contributed by atoms with E-state index in [4.69, 9.17) is 10.5 Å². The summed E-state index contributed by atoms with van der Waals surface area (Å²) in [5.74, 6) is 0.645. The van der Waals surface area contributed by atoms with Crippen LogP contribution in [0.25, 0.3) is 0 Å². The lowest BCUT2D eigenvalue weighted by Crippen LogP contribution is -2.44. The van der Waals surface area contributed by atoms with E-state index >= 15 is 0 Å². The summed E-state index contributed by atoms with van der Waals surface area (Å²) in [5.41, 5.74) is 5.82. The Bertz CT molecular complexity index is 372. The monoisotopic (exact) mass is 221 g/mol. The normalized spacial score (nSPS) is 14.2. The molecule has 0 spiro atoms. The minimum atomic E-state index is -0.791. The number of rotatable bonds is 5. The molecule has 3 nitrogen and oxygen atoms in total. The predicted molar refractivity (Wildman–Crippen MR) is 64.8 cm³/mol. The number of hydrogen-bond acceptors (Lipinski definition) is 3. The van der Waals surface area contributed by atoms with Crippen molar-refractivity contribution in [3.63, 3.8) is 0 Å². The Balaban J connectivity index is 2.95. The third kappa shape index (κ3) is 2.83. The molecule has 88 valence electrons. The van der Waals surface area contributed by atoms with Gasteiger partial charge in [0.05, 0.1) is 12.6 Å². The Kier molecular flexibility index (Phi) is 4.07. The maximum Gasteiger partial charge on any atom is 0.182 e. The van der Waals surface area contributed by atoms with Crippen LogP contribution < -0.4 is 10.5 Å². The number of ketones is 1. The van der Waals surface area contributed by atoms with Crippen molar-refractivity contribution in [3.8, 4) is 5.75 Å². The number of nitrogens with two attached hydrogens (primary N) is 1. The van der Waals surface area contributed by atoms with Crippen LogP contribution in [0.4, 0.5) is 0 Å². The molecular weight excluding hydrogens is 202 g/mol. The van der Waals surface area contributed by atoms with Crippen molar-refractivity contribution in [2.24, 2.45) is 5.73 Å². The second-order valence-electron chi connectivity index (χ2n) is 4.23. The molecular formula is C13H19NO2. The Labute approximate surface area is 96.6 Å². The molecule has 0 amide bonds. The van der Waals surface area contributed by atoms with Gasteiger partial charge in [-0.1, -0.05) is 25.5 Å². The van der Waals surface area contributed by atoms with Gasteiger partial charge in [-0.15, -0.1) is 0 Å². The molecule has 0 bridgehead atoms. The smallest absolute Gasteiger partial charge is 0.182 e. The Morgan fingerprint density at radius 3 is 2.75 bits per heavy atom. The van der Waals surface area contributed by atoms with Gasteiger partial charge in [-0.25, -0.2) is 0 Å². The van der Waals surface area contributed by atoms with Crippen LogP contribution in [0.1, 0.15) is 37.0 Å². The first-order valence-corrected chi connectivity index (χ1v) is 5.49. The molecule has 2 N–H and O–H groups in total. The lowest BCUT2D eigenvalue weighted by atomic mass is 9.88. The second-order valence-corrected chi connectivity index (χ2v) is 4.23. The van der Waals surface area contributed by atoms with E-state index in [2.05, 4.69) is 0 Å². The maximum absolute atomic E-state index is 12.1. The van der Waals surface area contributed by atoms with Crippen molar-refractivity contribution < 1.29 is 9.53 Å². The van der Waals surface area contributed by atoms with Gasteiger partial charge in [0.25, 0.3) is 0 Å². The Hall–Kier alpha value is -1.35. The predicted octanol–water partition coefficient (Wildman–Crippen LogP) is 2.40. The molecule has 0 heterocycles. The average Bonchev–Trinajstić information content (AvgIpc) is 2.28. The molecule has 16 heavy (non-hydrogen) atoms. The number of Topliss-reactive ketones (excluding diaryl/α,β-unsaturated/α-hetero) is 1. The summed E-state index contributed by atoms with van der Waals surface area (Å²) in [6.07, 6.45) is 1.58. The fraction of sp³-hybridized carbons (Fsp3) is 0.462. The van der Waals surface area contributed by atoms with Crippen molar-refractivity contribution in [1.82, 2.24) is 0 Å². The number of ether oxygens (including phenoxy) is 1. The van der Waals surface area contributed by atoms with E-state index in [9.17, 15) is 4.79 Å². The summed E-state index contributed by atoms with van der Waals surface area (Å²) < 4.78 is 5.08. The highest BCUT2D eigenvalue weighted by Crippen LogP contribution is 2.19. The van der Waals surface area contributed by atoms with E-state index in [0.29, 0.717) is 17.7 Å². The quantitative estimate of drug-likeness (QED) is 0.777. The van der Waals surface area contributed by atoms with Crippen LogP contribution in [0.5, 0.6) is 5.75 Å². The third-order valence-electron chi connectivity index (χ3n) is 2.62. The molecule has 1 atom stereocenters. The molecule has 0 aliphatic heterocycles. The van der Waals surface area contributed by atoms with E-state index in [1.54, 1.807) is 32.2 Å². The summed E-state index contributed by atoms with van der Waals surface area (Å²) in [6, 6.07) is 7.10. The molecule has 0 aliphatic rings. The standard InChI is InChI=1S/C13H19NO2/c1-4-8-13(2,14)12(15)10-6-5-7-11(9-10)16-3/h5-7,9H,4,8,14H2,1-3H3. The summed E-state index contributed by atoms with van der Waals surface area (Å²) in [7, 11) is 1.58. The zero-order chi connectivity index (χ0) is 12.2. The van der Waals surface area contributed by atoms with Gasteiger partial charge in [0.2, 0.25) is 0 Å². The van der Waals surface area contributed by atoms with Gasteiger partial charge in [-0.05, 0) is 25.5 Å². The molecule has 0 aromatic heterocycles. The van der Waals surface area contributed by atoms with Crippen LogP contribution in [0.15, 0.2) is 24.3 Å². The Morgan fingerprint density at radius 1 is 1.50 bits per heavy atom. The maximum atomic E-state index is 12.1. The second kappa shape index (κ2) is 5.12. The minimum Gasteiger partial charge on any atom is -0.497 e. The van der Waals surface area contributed by atoms with Crippen LogP contribution in [0.3, 0.4) is 0 Å². The van der Waals surface area contributed by atoms with Crippen molar-refractivity contribution >= 4 is 5.78 Å². The van der Waals surface area contributed by atoms with Gasteiger partial charge < -0.3 is 10.5 Å². The van der Waals surface area contributed by atoms with Gasteiger partial charge >= 0.3 is 0 Å². The first kappa shape index (κ1) is 12.7. The molecule has 1 aromatic rings. The van der Waals surface area contributed by atoms with Crippen molar-refractivity contribution in [2.45, 2.75) is 32.2 Å².